The summed E-state index contributed by atoms with van der Waals surface area (Å²) in [6.07, 6.45) is 5.66. The fourth-order valence-corrected chi connectivity index (χ4v) is 2.01. The van der Waals surface area contributed by atoms with E-state index in [4.69, 9.17) is 0 Å². The number of fused-ring (bicyclic) bond motifs is 1. The predicted molar refractivity (Wildman–Crippen MR) is 62.6 cm³/mol. The highest BCUT2D eigenvalue weighted by Crippen LogP contribution is 2.20. The van der Waals surface area contributed by atoms with Gasteiger partial charge in [0, 0.05) is 6.04 Å². The molecule has 0 aliphatic rings. The van der Waals surface area contributed by atoms with Gasteiger partial charge in [-0.2, -0.15) is 0 Å². The zero-order chi connectivity index (χ0) is 10.8. The highest BCUT2D eigenvalue weighted by atomic mass is 79.9. The van der Waals surface area contributed by atoms with Crippen molar-refractivity contribution in [3.05, 3.63) is 17.1 Å². The molecule has 4 nitrogen and oxygen atoms in total. The van der Waals surface area contributed by atoms with E-state index in [1.54, 1.807) is 6.20 Å². The molecule has 15 heavy (non-hydrogen) atoms. The average Bonchev–Trinajstić information content (AvgIpc) is 2.64. The number of imidazole rings is 1. The Kier molecular flexibility index (Phi) is 3.00. The Morgan fingerprint density at radius 3 is 2.73 bits per heavy atom. The molecule has 0 aliphatic heterocycles. The van der Waals surface area contributed by atoms with Gasteiger partial charge in [-0.3, -0.25) is 0 Å². The van der Waals surface area contributed by atoms with Gasteiger partial charge in [0.2, 0.25) is 0 Å². The zero-order valence-electron chi connectivity index (χ0n) is 8.81. The maximum Gasteiger partial charge on any atom is 0.197 e. The van der Waals surface area contributed by atoms with Gasteiger partial charge in [0.15, 0.2) is 11.3 Å². The van der Waals surface area contributed by atoms with Crippen LogP contribution in [-0.2, 0) is 0 Å². The van der Waals surface area contributed by atoms with Crippen LogP contribution >= 0.6 is 15.9 Å². The van der Waals surface area contributed by atoms with Crippen molar-refractivity contribution in [3.8, 4) is 0 Å². The maximum atomic E-state index is 4.41. The van der Waals surface area contributed by atoms with E-state index in [0.29, 0.717) is 11.7 Å². The Morgan fingerprint density at radius 1 is 1.33 bits per heavy atom. The molecule has 0 saturated carbocycles. The van der Waals surface area contributed by atoms with Crippen molar-refractivity contribution >= 4 is 27.2 Å². The van der Waals surface area contributed by atoms with Gasteiger partial charge in [0.05, 0.1) is 12.5 Å². The minimum absolute atomic E-state index is 0.457. The van der Waals surface area contributed by atoms with E-state index in [2.05, 4.69) is 49.3 Å². The highest BCUT2D eigenvalue weighted by molar-refractivity contribution is 9.10. The van der Waals surface area contributed by atoms with Crippen molar-refractivity contribution in [2.75, 3.05) is 0 Å². The highest BCUT2D eigenvalue weighted by Gasteiger charge is 2.12. The smallest absolute Gasteiger partial charge is 0.197 e. The average molecular weight is 269 g/mol. The van der Waals surface area contributed by atoms with Crippen LogP contribution in [0.1, 0.15) is 32.7 Å². The number of hydrogen-bond donors (Lipinski definition) is 0. The summed E-state index contributed by atoms with van der Waals surface area (Å²) in [5.41, 5.74) is 1.57. The number of hydrogen-bond acceptors (Lipinski definition) is 3. The minimum atomic E-state index is 0.457. The number of rotatable bonds is 3. The molecule has 0 unspecified atom stereocenters. The number of halogens is 1. The SMILES string of the molecule is CCC(CC)n1cnc2ncc(Br)nc21. The lowest BCUT2D eigenvalue weighted by atomic mass is 10.2. The molecule has 2 heterocycles. The molecule has 5 heteroatoms. The second-order valence-electron chi connectivity index (χ2n) is 3.46. The first-order valence-corrected chi connectivity index (χ1v) is 5.90. The molecule has 2 aromatic heterocycles. The van der Waals surface area contributed by atoms with Gasteiger partial charge in [0.25, 0.3) is 0 Å². The topological polar surface area (TPSA) is 43.6 Å². The summed E-state index contributed by atoms with van der Waals surface area (Å²) in [5, 5.41) is 0. The lowest BCUT2D eigenvalue weighted by Crippen LogP contribution is -2.06. The molecular weight excluding hydrogens is 256 g/mol. The van der Waals surface area contributed by atoms with E-state index < -0.39 is 0 Å². The van der Waals surface area contributed by atoms with Crippen LogP contribution in [-0.4, -0.2) is 19.5 Å². The van der Waals surface area contributed by atoms with Crippen LogP contribution < -0.4 is 0 Å². The van der Waals surface area contributed by atoms with Crippen LogP contribution in [0.3, 0.4) is 0 Å². The Labute approximate surface area is 96.9 Å². The van der Waals surface area contributed by atoms with Crippen molar-refractivity contribution in [3.63, 3.8) is 0 Å². The van der Waals surface area contributed by atoms with Gasteiger partial charge < -0.3 is 4.57 Å². The summed E-state index contributed by atoms with van der Waals surface area (Å²) >= 11 is 3.33. The molecule has 0 atom stereocenters. The third-order valence-electron chi connectivity index (χ3n) is 2.59. The molecular formula is C10H13BrN4. The van der Waals surface area contributed by atoms with Crippen molar-refractivity contribution in [1.29, 1.82) is 0 Å². The molecule has 0 amide bonds. The minimum Gasteiger partial charge on any atom is -0.311 e. The van der Waals surface area contributed by atoms with Crippen molar-refractivity contribution < 1.29 is 0 Å². The molecule has 0 fully saturated rings. The number of aromatic nitrogens is 4. The van der Waals surface area contributed by atoms with Gasteiger partial charge in [-0.1, -0.05) is 13.8 Å². The summed E-state index contributed by atoms with van der Waals surface area (Å²) < 4.78 is 2.86. The van der Waals surface area contributed by atoms with Crippen LogP contribution in [0.15, 0.2) is 17.1 Å². The molecule has 0 aliphatic carbocycles. The van der Waals surface area contributed by atoms with Crippen LogP contribution in [0.5, 0.6) is 0 Å². The van der Waals surface area contributed by atoms with Crippen molar-refractivity contribution in [2.24, 2.45) is 0 Å². The van der Waals surface area contributed by atoms with Gasteiger partial charge in [-0.25, -0.2) is 15.0 Å². The van der Waals surface area contributed by atoms with E-state index >= 15 is 0 Å². The monoisotopic (exact) mass is 268 g/mol. The molecule has 0 bridgehead atoms. The molecule has 0 radical (unpaired) electrons. The Bertz CT molecular complexity index is 461. The number of nitrogens with zero attached hydrogens (tertiary/aromatic N) is 4. The fourth-order valence-electron chi connectivity index (χ4n) is 1.74. The van der Waals surface area contributed by atoms with Crippen LogP contribution in [0, 0.1) is 0 Å². The van der Waals surface area contributed by atoms with Crippen molar-refractivity contribution in [1.82, 2.24) is 19.5 Å². The summed E-state index contributed by atoms with van der Waals surface area (Å²) in [4.78, 5) is 12.9. The molecule has 0 aromatic carbocycles. The van der Waals surface area contributed by atoms with Gasteiger partial charge in [0.1, 0.15) is 4.60 Å². The summed E-state index contributed by atoms with van der Waals surface area (Å²) in [6, 6.07) is 0.457. The van der Waals surface area contributed by atoms with E-state index in [1.807, 2.05) is 6.33 Å². The first-order valence-electron chi connectivity index (χ1n) is 5.11. The van der Waals surface area contributed by atoms with Crippen molar-refractivity contribution in [2.45, 2.75) is 32.7 Å². The van der Waals surface area contributed by atoms with Crippen LogP contribution in [0.25, 0.3) is 11.3 Å². The lowest BCUT2D eigenvalue weighted by molar-refractivity contribution is 0.480. The van der Waals surface area contributed by atoms with Crippen LogP contribution in [0.2, 0.25) is 0 Å². The molecule has 80 valence electrons. The lowest BCUT2D eigenvalue weighted by Gasteiger charge is -2.14. The van der Waals surface area contributed by atoms with E-state index in [-0.39, 0.29) is 0 Å². The molecule has 0 N–H and O–H groups in total. The third-order valence-corrected chi connectivity index (χ3v) is 2.97. The summed E-state index contributed by atoms with van der Waals surface area (Å²) in [5.74, 6) is 0. The normalized spacial score (nSPS) is 11.5. The summed E-state index contributed by atoms with van der Waals surface area (Å²) in [6.45, 7) is 4.34. The Hall–Kier alpha value is -0.970. The van der Waals surface area contributed by atoms with Gasteiger partial charge in [-0.15, -0.1) is 0 Å². The molecule has 2 aromatic rings. The molecule has 0 saturated heterocycles. The maximum absolute atomic E-state index is 4.41. The Balaban J connectivity index is 2.55. The zero-order valence-corrected chi connectivity index (χ0v) is 10.4. The second kappa shape index (κ2) is 4.26. The second-order valence-corrected chi connectivity index (χ2v) is 4.27. The molecule has 0 spiro atoms. The van der Waals surface area contributed by atoms with E-state index in [1.165, 1.54) is 0 Å². The van der Waals surface area contributed by atoms with E-state index in [0.717, 1.165) is 23.1 Å². The first kappa shape index (κ1) is 10.5. The van der Waals surface area contributed by atoms with Gasteiger partial charge in [-0.05, 0) is 28.8 Å². The predicted octanol–water partition coefficient (Wildman–Crippen LogP) is 2.95. The van der Waals surface area contributed by atoms with E-state index in [9.17, 15) is 0 Å². The fraction of sp³-hybridized carbons (Fsp3) is 0.500. The third kappa shape index (κ3) is 1.88. The standard InChI is InChI=1S/C10H13BrN4/c1-3-7(4-2)15-6-13-9-10(15)14-8(11)5-12-9/h5-7H,3-4H2,1-2H3. The molecule has 2 rings (SSSR count). The largest absolute Gasteiger partial charge is 0.311 e. The van der Waals surface area contributed by atoms with Gasteiger partial charge >= 0.3 is 0 Å². The van der Waals surface area contributed by atoms with Crippen LogP contribution in [0.4, 0.5) is 0 Å². The summed E-state index contributed by atoms with van der Waals surface area (Å²) in [7, 11) is 0. The quantitative estimate of drug-likeness (QED) is 0.860. The Morgan fingerprint density at radius 2 is 2.07 bits per heavy atom. The first-order chi connectivity index (χ1) is 7.26.